The van der Waals surface area contributed by atoms with Crippen LogP contribution in [0.25, 0.3) is 11.1 Å². The van der Waals surface area contributed by atoms with E-state index in [0.29, 0.717) is 24.3 Å². The van der Waals surface area contributed by atoms with Crippen molar-refractivity contribution in [3.8, 4) is 22.6 Å². The van der Waals surface area contributed by atoms with Crippen LogP contribution in [0.5, 0.6) is 11.5 Å². The Labute approximate surface area is 111 Å². The molecule has 0 fully saturated rings. The Morgan fingerprint density at radius 2 is 1.95 bits per heavy atom. The molecule has 1 aliphatic rings. The summed E-state index contributed by atoms with van der Waals surface area (Å²) in [7, 11) is 1.65. The number of ketones is 1. The van der Waals surface area contributed by atoms with Gasteiger partial charge in [0.1, 0.15) is 11.5 Å². The number of hydrogen-bond acceptors (Lipinski definition) is 3. The van der Waals surface area contributed by atoms with Crippen LogP contribution >= 0.6 is 0 Å². The van der Waals surface area contributed by atoms with Crippen molar-refractivity contribution in [1.82, 2.24) is 0 Å². The van der Waals surface area contributed by atoms with Crippen LogP contribution in [0.1, 0.15) is 16.8 Å². The number of carbonyl (C=O) groups is 1. The third-order valence-corrected chi connectivity index (χ3v) is 3.29. The van der Waals surface area contributed by atoms with Crippen LogP contribution in [0.15, 0.2) is 42.5 Å². The van der Waals surface area contributed by atoms with Crippen LogP contribution in [-0.4, -0.2) is 19.5 Å². The van der Waals surface area contributed by atoms with Crippen LogP contribution in [0.2, 0.25) is 0 Å². The molecule has 2 aromatic rings. The third-order valence-electron chi connectivity index (χ3n) is 3.29. The van der Waals surface area contributed by atoms with Crippen molar-refractivity contribution >= 4 is 5.78 Å². The number of Topliss-reactive ketones (excluding diaryl/α,β-unsaturated/α-hetero) is 1. The molecule has 0 bridgehead atoms. The summed E-state index contributed by atoms with van der Waals surface area (Å²) in [4.78, 5) is 11.8. The molecule has 0 amide bonds. The zero-order chi connectivity index (χ0) is 13.2. The summed E-state index contributed by atoms with van der Waals surface area (Å²) in [5.41, 5.74) is 2.66. The summed E-state index contributed by atoms with van der Waals surface area (Å²) in [6, 6.07) is 13.5. The maximum atomic E-state index is 11.8. The molecule has 3 nitrogen and oxygen atoms in total. The minimum absolute atomic E-state index is 0.146. The Kier molecular flexibility index (Phi) is 2.95. The van der Waals surface area contributed by atoms with Gasteiger partial charge in [0.2, 0.25) is 0 Å². The van der Waals surface area contributed by atoms with Gasteiger partial charge in [-0.05, 0) is 23.8 Å². The molecule has 3 rings (SSSR count). The fourth-order valence-electron chi connectivity index (χ4n) is 2.31. The predicted octanol–water partition coefficient (Wildman–Crippen LogP) is 3.33. The first-order valence-corrected chi connectivity index (χ1v) is 6.23. The molecule has 2 aromatic carbocycles. The maximum Gasteiger partial charge on any atom is 0.169 e. The van der Waals surface area contributed by atoms with Crippen LogP contribution in [0.3, 0.4) is 0 Å². The summed E-state index contributed by atoms with van der Waals surface area (Å²) in [6.07, 6.45) is 0.459. The average Bonchev–Trinajstić information content (AvgIpc) is 2.47. The number of carbonyl (C=O) groups excluding carboxylic acids is 1. The van der Waals surface area contributed by atoms with E-state index in [9.17, 15) is 4.79 Å². The molecule has 0 aromatic heterocycles. The molecule has 1 aliphatic heterocycles. The Hall–Kier alpha value is -2.29. The van der Waals surface area contributed by atoms with Crippen molar-refractivity contribution < 1.29 is 14.3 Å². The average molecular weight is 254 g/mol. The molecule has 0 spiro atoms. The number of benzene rings is 2. The summed E-state index contributed by atoms with van der Waals surface area (Å²) in [5.74, 6) is 1.62. The summed E-state index contributed by atoms with van der Waals surface area (Å²) < 4.78 is 10.9. The van der Waals surface area contributed by atoms with Gasteiger partial charge < -0.3 is 9.47 Å². The van der Waals surface area contributed by atoms with Gasteiger partial charge in [0.05, 0.1) is 19.3 Å². The van der Waals surface area contributed by atoms with Gasteiger partial charge in [0, 0.05) is 12.0 Å². The van der Waals surface area contributed by atoms with E-state index in [4.69, 9.17) is 9.47 Å². The summed E-state index contributed by atoms with van der Waals surface area (Å²) in [5, 5.41) is 0. The zero-order valence-electron chi connectivity index (χ0n) is 10.7. The molecule has 1 heterocycles. The van der Waals surface area contributed by atoms with E-state index in [0.717, 1.165) is 16.9 Å². The number of ether oxygens (including phenoxy) is 2. The highest BCUT2D eigenvalue weighted by Crippen LogP contribution is 2.34. The number of hydrogen-bond donors (Lipinski definition) is 0. The molecule has 0 unspecified atom stereocenters. The highest BCUT2D eigenvalue weighted by molar-refractivity contribution is 6.00. The number of methoxy groups -OCH3 is 1. The normalized spacial score (nSPS) is 13.6. The minimum atomic E-state index is 0.146. The maximum absolute atomic E-state index is 11.8. The SMILES string of the molecule is COc1ccccc1-c1ccc2c(c1)OCCC2=O. The van der Waals surface area contributed by atoms with Crippen LogP contribution in [-0.2, 0) is 0 Å². The van der Waals surface area contributed by atoms with Crippen molar-refractivity contribution in [2.75, 3.05) is 13.7 Å². The number of rotatable bonds is 2. The van der Waals surface area contributed by atoms with E-state index < -0.39 is 0 Å². The van der Waals surface area contributed by atoms with Gasteiger partial charge in [-0.25, -0.2) is 0 Å². The first-order valence-electron chi connectivity index (χ1n) is 6.23. The highest BCUT2D eigenvalue weighted by Gasteiger charge is 2.19. The molecule has 3 heteroatoms. The molecule has 0 saturated carbocycles. The van der Waals surface area contributed by atoms with E-state index in [-0.39, 0.29) is 5.78 Å². The molecule has 0 atom stereocenters. The van der Waals surface area contributed by atoms with E-state index in [1.54, 1.807) is 7.11 Å². The van der Waals surface area contributed by atoms with Gasteiger partial charge in [-0.15, -0.1) is 0 Å². The molecule has 0 aliphatic carbocycles. The van der Waals surface area contributed by atoms with Crippen molar-refractivity contribution in [2.45, 2.75) is 6.42 Å². The van der Waals surface area contributed by atoms with Gasteiger partial charge in [-0.2, -0.15) is 0 Å². The molecule has 96 valence electrons. The molecule has 0 saturated heterocycles. The standard InChI is InChI=1S/C16H14O3/c1-18-15-5-3-2-4-12(15)11-6-7-13-14(17)8-9-19-16(13)10-11/h2-7,10H,8-9H2,1H3. The lowest BCUT2D eigenvalue weighted by Crippen LogP contribution is -2.15. The van der Waals surface area contributed by atoms with Crippen LogP contribution < -0.4 is 9.47 Å². The van der Waals surface area contributed by atoms with Crippen LogP contribution in [0, 0.1) is 0 Å². The Balaban J connectivity index is 2.09. The lowest BCUT2D eigenvalue weighted by molar-refractivity contribution is 0.0933. The third kappa shape index (κ3) is 2.08. The number of fused-ring (bicyclic) bond motifs is 1. The van der Waals surface area contributed by atoms with Gasteiger partial charge in [-0.3, -0.25) is 4.79 Å². The predicted molar refractivity (Wildman–Crippen MR) is 72.9 cm³/mol. The van der Waals surface area contributed by atoms with E-state index in [2.05, 4.69) is 0 Å². The lowest BCUT2D eigenvalue weighted by Gasteiger charge is -2.17. The monoisotopic (exact) mass is 254 g/mol. The smallest absolute Gasteiger partial charge is 0.169 e. The summed E-state index contributed by atoms with van der Waals surface area (Å²) in [6.45, 7) is 0.460. The summed E-state index contributed by atoms with van der Waals surface area (Å²) >= 11 is 0. The fourth-order valence-corrected chi connectivity index (χ4v) is 2.31. The quantitative estimate of drug-likeness (QED) is 0.824. The second-order valence-electron chi connectivity index (χ2n) is 4.43. The molecular formula is C16H14O3. The topological polar surface area (TPSA) is 35.5 Å². The first kappa shape index (κ1) is 11.8. The highest BCUT2D eigenvalue weighted by atomic mass is 16.5. The second kappa shape index (κ2) is 4.76. The van der Waals surface area contributed by atoms with Crippen LogP contribution in [0.4, 0.5) is 0 Å². The molecular weight excluding hydrogens is 240 g/mol. The molecule has 0 radical (unpaired) electrons. The van der Waals surface area contributed by atoms with Crippen molar-refractivity contribution in [2.24, 2.45) is 0 Å². The van der Waals surface area contributed by atoms with E-state index >= 15 is 0 Å². The minimum Gasteiger partial charge on any atom is -0.496 e. The van der Waals surface area contributed by atoms with Gasteiger partial charge in [-0.1, -0.05) is 24.3 Å². The van der Waals surface area contributed by atoms with Gasteiger partial charge in [0.25, 0.3) is 0 Å². The fraction of sp³-hybridized carbons (Fsp3) is 0.188. The Bertz CT molecular complexity index is 632. The van der Waals surface area contributed by atoms with E-state index in [1.807, 2.05) is 42.5 Å². The van der Waals surface area contributed by atoms with Gasteiger partial charge >= 0.3 is 0 Å². The van der Waals surface area contributed by atoms with Crippen molar-refractivity contribution in [3.63, 3.8) is 0 Å². The van der Waals surface area contributed by atoms with Crippen molar-refractivity contribution in [3.05, 3.63) is 48.0 Å². The van der Waals surface area contributed by atoms with E-state index in [1.165, 1.54) is 0 Å². The second-order valence-corrected chi connectivity index (χ2v) is 4.43. The lowest BCUT2D eigenvalue weighted by atomic mass is 9.98. The first-order chi connectivity index (χ1) is 9.29. The Morgan fingerprint density at radius 1 is 1.11 bits per heavy atom. The molecule has 19 heavy (non-hydrogen) atoms. The number of para-hydroxylation sites is 1. The Morgan fingerprint density at radius 3 is 2.79 bits per heavy atom. The zero-order valence-corrected chi connectivity index (χ0v) is 10.7. The van der Waals surface area contributed by atoms with Gasteiger partial charge in [0.15, 0.2) is 5.78 Å². The molecule has 0 N–H and O–H groups in total. The largest absolute Gasteiger partial charge is 0.496 e. The van der Waals surface area contributed by atoms with Crippen molar-refractivity contribution in [1.29, 1.82) is 0 Å².